The second kappa shape index (κ2) is 10.9. The predicted octanol–water partition coefficient (Wildman–Crippen LogP) is 6.13. The Morgan fingerprint density at radius 3 is 2.44 bits per heavy atom. The molecule has 0 spiro atoms. The van der Waals surface area contributed by atoms with E-state index in [1.165, 1.54) is 0 Å². The summed E-state index contributed by atoms with van der Waals surface area (Å²) >= 11 is 0. The molecular weight excluding hydrogens is 454 g/mol. The number of benzene rings is 3. The van der Waals surface area contributed by atoms with Crippen molar-refractivity contribution in [3.8, 4) is 11.5 Å². The third-order valence-electron chi connectivity index (χ3n) is 6.34. The summed E-state index contributed by atoms with van der Waals surface area (Å²) in [4.78, 5) is 29.2. The molecule has 0 saturated heterocycles. The average molecular weight is 488 g/mol. The van der Waals surface area contributed by atoms with E-state index in [-0.39, 0.29) is 19.1 Å². The lowest BCUT2D eigenvalue weighted by atomic mass is 9.87. The Hall–Kier alpha value is -3.80. The van der Waals surface area contributed by atoms with Gasteiger partial charge in [0, 0.05) is 24.1 Å². The van der Waals surface area contributed by atoms with Gasteiger partial charge in [0.15, 0.2) is 11.5 Å². The standard InChI is InChI=1S/C28H27NO5.C2H6/c1-19(2)15-16-29-23-13-7-6-12-22(23)28(27(29)31,34-26(30)20-9-4-3-5-10-20)17-21-11-8-14-24-25(21)33-18-32-24;1-2/h3-14,19H,15-18H2,1-2H3;1-2H3. The normalized spacial score (nSPS) is 17.5. The quantitative estimate of drug-likeness (QED) is 0.375. The Labute approximate surface area is 212 Å². The first-order valence-corrected chi connectivity index (χ1v) is 12.6. The van der Waals surface area contributed by atoms with Crippen LogP contribution in [0.25, 0.3) is 0 Å². The van der Waals surface area contributed by atoms with Gasteiger partial charge in [0.05, 0.1) is 11.3 Å². The molecule has 0 aromatic heterocycles. The molecule has 0 aliphatic carbocycles. The molecule has 6 heteroatoms. The number of carbonyl (C=O) groups is 2. The number of hydrogen-bond acceptors (Lipinski definition) is 5. The largest absolute Gasteiger partial charge is 0.454 e. The smallest absolute Gasteiger partial charge is 0.339 e. The van der Waals surface area contributed by atoms with E-state index < -0.39 is 11.6 Å². The highest BCUT2D eigenvalue weighted by atomic mass is 16.7. The molecule has 6 nitrogen and oxygen atoms in total. The number of fused-ring (bicyclic) bond motifs is 2. The zero-order valence-corrected chi connectivity index (χ0v) is 21.3. The van der Waals surface area contributed by atoms with Crippen LogP contribution >= 0.6 is 0 Å². The van der Waals surface area contributed by atoms with Crippen molar-refractivity contribution < 1.29 is 23.8 Å². The molecule has 0 saturated carbocycles. The number of anilines is 1. The van der Waals surface area contributed by atoms with Crippen LogP contribution in [0.5, 0.6) is 11.5 Å². The zero-order chi connectivity index (χ0) is 25.7. The van der Waals surface area contributed by atoms with Crippen LogP contribution in [0, 0.1) is 5.92 Å². The van der Waals surface area contributed by atoms with Gasteiger partial charge in [0.1, 0.15) is 0 Å². The molecule has 3 aromatic carbocycles. The van der Waals surface area contributed by atoms with Crippen LogP contribution in [0.3, 0.4) is 0 Å². The SMILES string of the molecule is CC.CC(C)CCN1C(=O)C(Cc2cccc3c2OCO3)(OC(=O)c2ccccc2)c2ccccc21. The van der Waals surface area contributed by atoms with E-state index >= 15 is 0 Å². The fourth-order valence-electron chi connectivity index (χ4n) is 4.60. The molecule has 0 N–H and O–H groups in total. The Balaban J connectivity index is 0.00000148. The molecule has 3 aromatic rings. The van der Waals surface area contributed by atoms with E-state index in [2.05, 4.69) is 13.8 Å². The van der Waals surface area contributed by atoms with Crippen molar-refractivity contribution in [2.75, 3.05) is 18.2 Å². The minimum atomic E-state index is -1.51. The highest BCUT2D eigenvalue weighted by molar-refractivity contribution is 6.09. The molecule has 1 amide bonds. The zero-order valence-electron chi connectivity index (χ0n) is 21.3. The monoisotopic (exact) mass is 487 g/mol. The maximum atomic E-state index is 14.1. The summed E-state index contributed by atoms with van der Waals surface area (Å²) in [7, 11) is 0. The minimum Gasteiger partial charge on any atom is -0.454 e. The molecular formula is C30H33NO5. The Bertz CT molecular complexity index is 1220. The van der Waals surface area contributed by atoms with Crippen molar-refractivity contribution in [2.24, 2.45) is 5.92 Å². The lowest BCUT2D eigenvalue weighted by Gasteiger charge is -2.29. The van der Waals surface area contributed by atoms with E-state index in [0.717, 1.165) is 17.7 Å². The molecule has 0 radical (unpaired) electrons. The van der Waals surface area contributed by atoms with Gasteiger partial charge in [0.2, 0.25) is 12.4 Å². The van der Waals surface area contributed by atoms with Crippen LogP contribution in [0.15, 0.2) is 72.8 Å². The second-order valence-corrected chi connectivity index (χ2v) is 9.07. The summed E-state index contributed by atoms with van der Waals surface area (Å²) in [5, 5.41) is 0. The van der Waals surface area contributed by atoms with E-state index in [1.54, 1.807) is 29.2 Å². The van der Waals surface area contributed by atoms with E-state index in [1.807, 2.05) is 62.4 Å². The lowest BCUT2D eigenvalue weighted by Crippen LogP contribution is -2.46. The second-order valence-electron chi connectivity index (χ2n) is 9.07. The van der Waals surface area contributed by atoms with Gasteiger partial charge in [-0.05, 0) is 36.6 Å². The minimum absolute atomic E-state index is 0.119. The van der Waals surface area contributed by atoms with Gasteiger partial charge in [-0.2, -0.15) is 0 Å². The molecule has 2 aliphatic heterocycles. The molecule has 0 bridgehead atoms. The van der Waals surface area contributed by atoms with Crippen LogP contribution in [0.4, 0.5) is 5.69 Å². The number of esters is 1. The van der Waals surface area contributed by atoms with Crippen LogP contribution in [0.2, 0.25) is 0 Å². The van der Waals surface area contributed by atoms with Gasteiger partial charge >= 0.3 is 5.97 Å². The van der Waals surface area contributed by atoms with E-state index in [0.29, 0.717) is 35.1 Å². The highest BCUT2D eigenvalue weighted by Gasteiger charge is 2.54. The summed E-state index contributed by atoms with van der Waals surface area (Å²) in [6.45, 7) is 8.92. The number of ether oxygens (including phenoxy) is 3. The molecule has 0 fully saturated rings. The Kier molecular flexibility index (Phi) is 7.63. The number of nitrogens with zero attached hydrogens (tertiary/aromatic N) is 1. The Morgan fingerprint density at radius 1 is 0.972 bits per heavy atom. The lowest BCUT2D eigenvalue weighted by molar-refractivity contribution is -0.137. The molecule has 188 valence electrons. The Morgan fingerprint density at radius 2 is 1.69 bits per heavy atom. The fourth-order valence-corrected chi connectivity index (χ4v) is 4.60. The molecule has 2 heterocycles. The topological polar surface area (TPSA) is 65.1 Å². The number of hydrogen-bond donors (Lipinski definition) is 0. The van der Waals surface area contributed by atoms with Crippen LogP contribution in [-0.2, 0) is 21.6 Å². The third kappa shape index (κ3) is 4.68. The van der Waals surface area contributed by atoms with Gasteiger partial charge < -0.3 is 19.1 Å². The predicted molar refractivity (Wildman–Crippen MR) is 139 cm³/mol. The van der Waals surface area contributed by atoms with Crippen LogP contribution < -0.4 is 14.4 Å². The fraction of sp³-hybridized carbons (Fsp3) is 0.333. The van der Waals surface area contributed by atoms with Gasteiger partial charge in [-0.25, -0.2) is 4.79 Å². The summed E-state index contributed by atoms with van der Waals surface area (Å²) < 4.78 is 17.5. The molecule has 1 atom stereocenters. The van der Waals surface area contributed by atoms with Crippen molar-refractivity contribution in [3.05, 3.63) is 89.5 Å². The first-order valence-electron chi connectivity index (χ1n) is 12.6. The third-order valence-corrected chi connectivity index (χ3v) is 6.34. The van der Waals surface area contributed by atoms with E-state index in [4.69, 9.17) is 14.2 Å². The van der Waals surface area contributed by atoms with Gasteiger partial charge in [-0.1, -0.05) is 76.2 Å². The molecule has 36 heavy (non-hydrogen) atoms. The van der Waals surface area contributed by atoms with Crippen LogP contribution in [-0.4, -0.2) is 25.2 Å². The summed E-state index contributed by atoms with van der Waals surface area (Å²) in [5.41, 5.74) is 1.10. The maximum absolute atomic E-state index is 14.1. The molecule has 5 rings (SSSR count). The summed E-state index contributed by atoms with van der Waals surface area (Å²) in [5.74, 6) is 0.847. The van der Waals surface area contributed by atoms with E-state index in [9.17, 15) is 9.59 Å². The highest BCUT2D eigenvalue weighted by Crippen LogP contribution is 2.48. The van der Waals surface area contributed by atoms with Gasteiger partial charge in [0.25, 0.3) is 5.91 Å². The van der Waals surface area contributed by atoms with Crippen molar-refractivity contribution in [1.82, 2.24) is 0 Å². The average Bonchev–Trinajstić information content (AvgIpc) is 3.47. The molecule has 1 unspecified atom stereocenters. The first kappa shape index (κ1) is 25.3. The van der Waals surface area contributed by atoms with Crippen LogP contribution in [0.1, 0.15) is 55.6 Å². The summed E-state index contributed by atoms with van der Waals surface area (Å²) in [6, 6.07) is 21.9. The number of para-hydroxylation sites is 2. The number of carbonyl (C=O) groups excluding carboxylic acids is 2. The number of amides is 1. The van der Waals surface area contributed by atoms with Crippen molar-refractivity contribution in [3.63, 3.8) is 0 Å². The summed E-state index contributed by atoms with van der Waals surface area (Å²) in [6.07, 6.45) is 0.979. The van der Waals surface area contributed by atoms with Crippen molar-refractivity contribution >= 4 is 17.6 Å². The van der Waals surface area contributed by atoms with Gasteiger partial charge in [-0.3, -0.25) is 4.79 Å². The maximum Gasteiger partial charge on any atom is 0.339 e. The van der Waals surface area contributed by atoms with Crippen molar-refractivity contribution in [1.29, 1.82) is 0 Å². The molecule has 2 aliphatic rings. The first-order chi connectivity index (χ1) is 17.5. The number of rotatable bonds is 7. The van der Waals surface area contributed by atoms with Crippen molar-refractivity contribution in [2.45, 2.75) is 46.1 Å². The van der Waals surface area contributed by atoms with Gasteiger partial charge in [-0.15, -0.1) is 0 Å².